The molecule has 0 aliphatic carbocycles. The average Bonchev–Trinajstić information content (AvgIpc) is 2.78. The van der Waals surface area contributed by atoms with Crippen LogP contribution in [-0.4, -0.2) is 20.4 Å². The molecule has 4 aromatic carbocycles. The SMILES string of the molecule is Oc1ccc(O)c(-c2ccccc2COCc2ccccc2-c2cc(O)ccc2O)c1. The van der Waals surface area contributed by atoms with Crippen LogP contribution in [0.15, 0.2) is 84.9 Å². The third-order valence-electron chi connectivity index (χ3n) is 5.09. The van der Waals surface area contributed by atoms with Crippen LogP contribution in [0.5, 0.6) is 23.0 Å². The highest BCUT2D eigenvalue weighted by atomic mass is 16.5. The zero-order chi connectivity index (χ0) is 21.8. The van der Waals surface area contributed by atoms with Crippen molar-refractivity contribution in [1.82, 2.24) is 0 Å². The highest BCUT2D eigenvalue weighted by Gasteiger charge is 2.13. The maximum Gasteiger partial charge on any atom is 0.123 e. The van der Waals surface area contributed by atoms with E-state index in [-0.39, 0.29) is 36.2 Å². The standard InChI is InChI=1S/C26H22O5/c27-19-9-11-25(29)23(13-19)21-7-3-1-5-17(21)15-31-16-18-6-2-4-8-22(18)24-14-20(28)10-12-26(24)30/h1-14,27-30H,15-16H2. The average molecular weight is 414 g/mol. The van der Waals surface area contributed by atoms with Crippen molar-refractivity contribution in [2.45, 2.75) is 13.2 Å². The van der Waals surface area contributed by atoms with E-state index in [1.54, 1.807) is 0 Å². The van der Waals surface area contributed by atoms with Gasteiger partial charge in [-0.1, -0.05) is 48.5 Å². The predicted molar refractivity (Wildman–Crippen MR) is 119 cm³/mol. The van der Waals surface area contributed by atoms with Gasteiger partial charge in [0.05, 0.1) is 13.2 Å². The lowest BCUT2D eigenvalue weighted by molar-refractivity contribution is 0.108. The Kier molecular flexibility index (Phi) is 5.78. The van der Waals surface area contributed by atoms with Crippen LogP contribution in [0.25, 0.3) is 22.3 Å². The molecule has 4 N–H and O–H groups in total. The lowest BCUT2D eigenvalue weighted by Crippen LogP contribution is -1.98. The van der Waals surface area contributed by atoms with Crippen molar-refractivity contribution in [2.24, 2.45) is 0 Å². The van der Waals surface area contributed by atoms with Gasteiger partial charge in [0, 0.05) is 11.1 Å². The number of ether oxygens (including phenoxy) is 1. The van der Waals surface area contributed by atoms with E-state index >= 15 is 0 Å². The molecule has 0 radical (unpaired) electrons. The van der Waals surface area contributed by atoms with E-state index in [9.17, 15) is 20.4 Å². The zero-order valence-corrected chi connectivity index (χ0v) is 16.7. The number of hydrogen-bond donors (Lipinski definition) is 4. The van der Waals surface area contributed by atoms with Crippen LogP contribution in [0.3, 0.4) is 0 Å². The van der Waals surface area contributed by atoms with Crippen LogP contribution in [0.1, 0.15) is 11.1 Å². The number of benzene rings is 4. The normalized spacial score (nSPS) is 10.8. The number of phenolic OH excluding ortho intramolecular Hbond substituents is 4. The molecule has 0 aromatic heterocycles. The number of aromatic hydroxyl groups is 4. The third-order valence-corrected chi connectivity index (χ3v) is 5.09. The van der Waals surface area contributed by atoms with E-state index in [0.717, 1.165) is 22.3 Å². The smallest absolute Gasteiger partial charge is 0.123 e. The predicted octanol–water partition coefficient (Wildman–Crippen LogP) is 5.56. The van der Waals surface area contributed by atoms with Crippen molar-refractivity contribution in [2.75, 3.05) is 0 Å². The Morgan fingerprint density at radius 2 is 0.903 bits per heavy atom. The zero-order valence-electron chi connectivity index (χ0n) is 16.7. The molecule has 31 heavy (non-hydrogen) atoms. The minimum absolute atomic E-state index is 0.0726. The second-order valence-electron chi connectivity index (χ2n) is 7.21. The summed E-state index contributed by atoms with van der Waals surface area (Å²) >= 11 is 0. The monoisotopic (exact) mass is 414 g/mol. The van der Waals surface area contributed by atoms with Gasteiger partial charge in [0.2, 0.25) is 0 Å². The molecular weight excluding hydrogens is 392 g/mol. The van der Waals surface area contributed by atoms with Crippen molar-refractivity contribution in [3.8, 4) is 45.3 Å². The van der Waals surface area contributed by atoms with E-state index in [4.69, 9.17) is 4.74 Å². The molecule has 156 valence electrons. The van der Waals surface area contributed by atoms with Gasteiger partial charge in [-0.15, -0.1) is 0 Å². The minimum Gasteiger partial charge on any atom is -0.508 e. The van der Waals surface area contributed by atoms with E-state index in [0.29, 0.717) is 11.1 Å². The van der Waals surface area contributed by atoms with Crippen molar-refractivity contribution in [3.05, 3.63) is 96.1 Å². The molecule has 0 amide bonds. The van der Waals surface area contributed by atoms with Crippen LogP contribution in [0, 0.1) is 0 Å². The fraction of sp³-hybridized carbons (Fsp3) is 0.0769. The maximum atomic E-state index is 10.2. The van der Waals surface area contributed by atoms with Crippen LogP contribution in [0.4, 0.5) is 0 Å². The molecule has 0 heterocycles. The van der Waals surface area contributed by atoms with Crippen LogP contribution in [-0.2, 0) is 18.0 Å². The summed E-state index contributed by atoms with van der Waals surface area (Å²) in [5.41, 5.74) is 4.33. The molecule has 0 aliphatic heterocycles. The fourth-order valence-corrected chi connectivity index (χ4v) is 3.57. The van der Waals surface area contributed by atoms with Gasteiger partial charge >= 0.3 is 0 Å². The highest BCUT2D eigenvalue weighted by Crippen LogP contribution is 2.36. The van der Waals surface area contributed by atoms with Gasteiger partial charge in [0.25, 0.3) is 0 Å². The first-order valence-electron chi connectivity index (χ1n) is 9.81. The Balaban J connectivity index is 1.57. The molecule has 4 rings (SSSR count). The summed E-state index contributed by atoms with van der Waals surface area (Å²) < 4.78 is 5.98. The molecular formula is C26H22O5. The number of hydrogen-bond acceptors (Lipinski definition) is 5. The van der Waals surface area contributed by atoms with E-state index in [1.807, 2.05) is 48.5 Å². The first kappa shape index (κ1) is 20.3. The summed E-state index contributed by atoms with van der Waals surface area (Å²) in [5, 5.41) is 40.1. The van der Waals surface area contributed by atoms with Gasteiger partial charge in [0.1, 0.15) is 23.0 Å². The lowest BCUT2D eigenvalue weighted by Gasteiger charge is -2.14. The fourth-order valence-electron chi connectivity index (χ4n) is 3.57. The van der Waals surface area contributed by atoms with Crippen LogP contribution >= 0.6 is 0 Å². The molecule has 4 aromatic rings. The number of rotatable bonds is 6. The second-order valence-corrected chi connectivity index (χ2v) is 7.21. The molecule has 0 atom stereocenters. The van der Waals surface area contributed by atoms with E-state index < -0.39 is 0 Å². The Morgan fingerprint density at radius 1 is 0.484 bits per heavy atom. The van der Waals surface area contributed by atoms with Gasteiger partial charge in [-0.05, 0) is 58.7 Å². The molecule has 0 unspecified atom stereocenters. The second kappa shape index (κ2) is 8.81. The third kappa shape index (κ3) is 4.47. The quantitative estimate of drug-likeness (QED) is 0.310. The first-order chi connectivity index (χ1) is 15.0. The topological polar surface area (TPSA) is 90.2 Å². The molecule has 5 nitrogen and oxygen atoms in total. The van der Waals surface area contributed by atoms with Gasteiger partial charge in [-0.3, -0.25) is 0 Å². The van der Waals surface area contributed by atoms with E-state index in [1.165, 1.54) is 36.4 Å². The molecule has 0 fully saturated rings. The van der Waals surface area contributed by atoms with Crippen molar-refractivity contribution < 1.29 is 25.2 Å². The molecule has 0 aliphatic rings. The summed E-state index contributed by atoms with van der Waals surface area (Å²) in [7, 11) is 0. The number of phenols is 4. The van der Waals surface area contributed by atoms with Crippen LogP contribution in [0.2, 0.25) is 0 Å². The molecule has 5 heteroatoms. The first-order valence-corrected chi connectivity index (χ1v) is 9.81. The van der Waals surface area contributed by atoms with Crippen LogP contribution < -0.4 is 0 Å². The van der Waals surface area contributed by atoms with Gasteiger partial charge in [-0.2, -0.15) is 0 Å². The van der Waals surface area contributed by atoms with Gasteiger partial charge < -0.3 is 25.2 Å². The van der Waals surface area contributed by atoms with Crippen molar-refractivity contribution >= 4 is 0 Å². The molecule has 0 saturated heterocycles. The van der Waals surface area contributed by atoms with Crippen molar-refractivity contribution in [1.29, 1.82) is 0 Å². The largest absolute Gasteiger partial charge is 0.508 e. The molecule has 0 bridgehead atoms. The summed E-state index contributed by atoms with van der Waals surface area (Å²) in [6, 6.07) is 23.9. The van der Waals surface area contributed by atoms with Gasteiger partial charge in [0.15, 0.2) is 0 Å². The minimum atomic E-state index is 0.0726. The Bertz CT molecular complexity index is 1120. The highest BCUT2D eigenvalue weighted by molar-refractivity contribution is 5.75. The lowest BCUT2D eigenvalue weighted by atomic mass is 9.98. The van der Waals surface area contributed by atoms with Gasteiger partial charge in [-0.25, -0.2) is 0 Å². The van der Waals surface area contributed by atoms with E-state index in [2.05, 4.69) is 0 Å². The Morgan fingerprint density at radius 3 is 1.35 bits per heavy atom. The van der Waals surface area contributed by atoms with Crippen molar-refractivity contribution in [3.63, 3.8) is 0 Å². The summed E-state index contributed by atoms with van der Waals surface area (Å²) in [5.74, 6) is 0.302. The molecule has 0 spiro atoms. The summed E-state index contributed by atoms with van der Waals surface area (Å²) in [6.45, 7) is 0.567. The summed E-state index contributed by atoms with van der Waals surface area (Å²) in [4.78, 5) is 0. The maximum absolute atomic E-state index is 10.2. The summed E-state index contributed by atoms with van der Waals surface area (Å²) in [6.07, 6.45) is 0. The Labute approximate surface area is 180 Å². The Hall–Kier alpha value is -3.96. The molecule has 0 saturated carbocycles.